The number of carbonyl (C=O) groups is 1. The first-order valence-electron chi connectivity index (χ1n) is 8.73. The van der Waals surface area contributed by atoms with Crippen LogP contribution in [-0.2, 0) is 4.74 Å². The highest BCUT2D eigenvalue weighted by Gasteiger charge is 2.37. The molecule has 3 rings (SSSR count). The molecule has 1 amide bonds. The maximum atomic E-state index is 12.6. The van der Waals surface area contributed by atoms with Gasteiger partial charge in [-0.2, -0.15) is 0 Å². The average molecular weight is 343 g/mol. The van der Waals surface area contributed by atoms with Crippen LogP contribution in [0.25, 0.3) is 0 Å². The van der Waals surface area contributed by atoms with Crippen LogP contribution < -0.4 is 0 Å². The molecular formula is C20H25NO4. The number of furan rings is 1. The van der Waals surface area contributed by atoms with Crippen molar-refractivity contribution < 1.29 is 19.1 Å². The summed E-state index contributed by atoms with van der Waals surface area (Å²) in [6.07, 6.45) is 4.84. The Kier molecular flexibility index (Phi) is 4.77. The summed E-state index contributed by atoms with van der Waals surface area (Å²) in [6, 6.07) is 3.30. The van der Waals surface area contributed by atoms with Gasteiger partial charge in [0.2, 0.25) is 0 Å². The summed E-state index contributed by atoms with van der Waals surface area (Å²) in [7, 11) is 0. The second-order valence-corrected chi connectivity index (χ2v) is 7.42. The average Bonchev–Trinajstić information content (AvgIpc) is 3.01. The zero-order valence-corrected chi connectivity index (χ0v) is 15.1. The Morgan fingerprint density at radius 1 is 1.32 bits per heavy atom. The van der Waals surface area contributed by atoms with Crippen molar-refractivity contribution in [2.45, 2.75) is 51.2 Å². The molecular weight excluding hydrogens is 318 g/mol. The smallest absolute Gasteiger partial charge is 0.289 e. The lowest BCUT2D eigenvalue weighted by Gasteiger charge is -2.41. The molecule has 1 aromatic rings. The minimum Gasteiger partial charge on any atom is -0.443 e. The van der Waals surface area contributed by atoms with Gasteiger partial charge >= 0.3 is 0 Å². The second kappa shape index (κ2) is 6.70. The fourth-order valence-corrected chi connectivity index (χ4v) is 3.25. The molecule has 0 saturated carbocycles. The van der Waals surface area contributed by atoms with E-state index in [0.717, 1.165) is 25.9 Å². The van der Waals surface area contributed by atoms with Crippen LogP contribution in [0.3, 0.4) is 0 Å². The third-order valence-corrected chi connectivity index (χ3v) is 4.60. The van der Waals surface area contributed by atoms with E-state index >= 15 is 0 Å². The zero-order valence-electron chi connectivity index (χ0n) is 15.1. The Morgan fingerprint density at radius 2 is 2.04 bits per heavy atom. The first-order valence-corrected chi connectivity index (χ1v) is 8.73. The maximum Gasteiger partial charge on any atom is 0.289 e. The highest BCUT2D eigenvalue weighted by Crippen LogP contribution is 2.33. The number of carbonyl (C=O) groups excluding carboxylic acids is 1. The quantitative estimate of drug-likeness (QED) is 0.629. The van der Waals surface area contributed by atoms with Gasteiger partial charge in [-0.05, 0) is 58.1 Å². The van der Waals surface area contributed by atoms with Gasteiger partial charge < -0.3 is 19.2 Å². The van der Waals surface area contributed by atoms with Crippen LogP contribution in [-0.4, -0.2) is 46.8 Å². The van der Waals surface area contributed by atoms with E-state index in [1.807, 2.05) is 0 Å². The van der Waals surface area contributed by atoms with Crippen molar-refractivity contribution in [3.8, 4) is 11.8 Å². The van der Waals surface area contributed by atoms with Gasteiger partial charge in [0.25, 0.3) is 5.91 Å². The summed E-state index contributed by atoms with van der Waals surface area (Å²) in [4.78, 5) is 14.4. The molecule has 2 aliphatic heterocycles. The van der Waals surface area contributed by atoms with E-state index < -0.39 is 5.60 Å². The highest BCUT2D eigenvalue weighted by atomic mass is 16.5. The first kappa shape index (κ1) is 17.8. The van der Waals surface area contributed by atoms with Crippen LogP contribution in [0.5, 0.6) is 0 Å². The molecule has 0 aliphatic carbocycles. The Labute approximate surface area is 148 Å². The molecule has 1 N–H and O–H groups in total. The third-order valence-electron chi connectivity index (χ3n) is 4.60. The number of aliphatic hydroxyl groups is 1. The predicted octanol–water partition coefficient (Wildman–Crippen LogP) is 2.74. The summed E-state index contributed by atoms with van der Waals surface area (Å²) in [5, 5.41) is 9.63. The van der Waals surface area contributed by atoms with E-state index in [2.05, 4.69) is 24.8 Å². The molecule has 3 heterocycles. The van der Waals surface area contributed by atoms with Crippen LogP contribution in [0.4, 0.5) is 0 Å². The van der Waals surface area contributed by atoms with Gasteiger partial charge in [-0.25, -0.2) is 0 Å². The van der Waals surface area contributed by atoms with Gasteiger partial charge in [0.15, 0.2) is 11.5 Å². The monoisotopic (exact) mass is 343 g/mol. The third kappa shape index (κ3) is 4.33. The Hall–Kier alpha value is -2.03. The van der Waals surface area contributed by atoms with E-state index in [0.29, 0.717) is 18.8 Å². The molecule has 5 nitrogen and oxygen atoms in total. The van der Waals surface area contributed by atoms with Crippen molar-refractivity contribution in [1.82, 2.24) is 4.90 Å². The molecule has 0 bridgehead atoms. The van der Waals surface area contributed by atoms with Crippen LogP contribution >= 0.6 is 0 Å². The van der Waals surface area contributed by atoms with Gasteiger partial charge in [0.1, 0.15) is 5.60 Å². The lowest BCUT2D eigenvalue weighted by molar-refractivity contribution is -0.0525. The molecule has 1 spiro atoms. The van der Waals surface area contributed by atoms with Gasteiger partial charge in [0.05, 0.1) is 12.2 Å². The van der Waals surface area contributed by atoms with E-state index in [-0.39, 0.29) is 17.3 Å². The molecule has 1 saturated heterocycles. The van der Waals surface area contributed by atoms with Crippen LogP contribution in [0, 0.1) is 11.8 Å². The number of likely N-dealkylation sites (tertiary alicyclic amines) is 1. The molecule has 1 aromatic heterocycles. The van der Waals surface area contributed by atoms with Crippen molar-refractivity contribution in [2.75, 3.05) is 19.7 Å². The van der Waals surface area contributed by atoms with Gasteiger partial charge in [-0.3, -0.25) is 4.79 Å². The number of rotatable bonds is 1. The Bertz CT molecular complexity index is 734. The van der Waals surface area contributed by atoms with E-state index in [4.69, 9.17) is 9.15 Å². The molecule has 5 heteroatoms. The van der Waals surface area contributed by atoms with Crippen molar-refractivity contribution >= 4 is 5.91 Å². The van der Waals surface area contributed by atoms with E-state index in [9.17, 15) is 9.90 Å². The molecule has 2 aliphatic rings. The summed E-state index contributed by atoms with van der Waals surface area (Å²) < 4.78 is 11.5. The van der Waals surface area contributed by atoms with Gasteiger partial charge in [-0.15, -0.1) is 0 Å². The maximum absolute atomic E-state index is 12.6. The minimum absolute atomic E-state index is 0.123. The van der Waals surface area contributed by atoms with Crippen molar-refractivity contribution in [2.24, 2.45) is 0 Å². The number of hydrogen-bond donors (Lipinski definition) is 1. The topological polar surface area (TPSA) is 62.9 Å². The predicted molar refractivity (Wildman–Crippen MR) is 94.1 cm³/mol. The zero-order chi connectivity index (χ0) is 18.1. The van der Waals surface area contributed by atoms with Crippen molar-refractivity contribution in [1.29, 1.82) is 0 Å². The summed E-state index contributed by atoms with van der Waals surface area (Å²) >= 11 is 0. The molecule has 1 fully saturated rings. The van der Waals surface area contributed by atoms with E-state index in [1.54, 1.807) is 30.9 Å². The Balaban J connectivity index is 1.64. The Morgan fingerprint density at radius 3 is 2.68 bits per heavy atom. The summed E-state index contributed by atoms with van der Waals surface area (Å²) in [5.41, 5.74) is 0.0715. The fraction of sp³-hybridized carbons (Fsp3) is 0.550. The normalized spacial score (nSPS) is 20.0. The highest BCUT2D eigenvalue weighted by molar-refractivity contribution is 5.91. The molecule has 0 atom stereocenters. The SMILES string of the molecule is CC1=CC2(CCN(C(=O)c3ccc(C#CC(C)(C)O)o3)CC2)OCC1. The number of amides is 1. The lowest BCUT2D eigenvalue weighted by atomic mass is 9.87. The number of piperidine rings is 1. The van der Waals surface area contributed by atoms with Gasteiger partial charge in [-0.1, -0.05) is 17.6 Å². The number of hydrogen-bond acceptors (Lipinski definition) is 4. The van der Waals surface area contributed by atoms with Gasteiger partial charge in [0, 0.05) is 13.1 Å². The van der Waals surface area contributed by atoms with Crippen LogP contribution in [0.1, 0.15) is 56.3 Å². The van der Waals surface area contributed by atoms with Crippen molar-refractivity contribution in [3.05, 3.63) is 35.3 Å². The fourth-order valence-electron chi connectivity index (χ4n) is 3.25. The molecule has 134 valence electrons. The standard InChI is InChI=1S/C20H25NO4/c1-15-7-13-24-20(14-15)9-11-21(12-10-20)18(22)17-5-4-16(25-17)6-8-19(2,3)23/h4-5,14,23H,7,9-13H2,1-3H3. The summed E-state index contributed by atoms with van der Waals surface area (Å²) in [5.74, 6) is 5.97. The van der Waals surface area contributed by atoms with E-state index in [1.165, 1.54) is 5.57 Å². The van der Waals surface area contributed by atoms with Crippen LogP contribution in [0.2, 0.25) is 0 Å². The number of nitrogens with zero attached hydrogens (tertiary/aromatic N) is 1. The number of ether oxygens (including phenoxy) is 1. The second-order valence-electron chi connectivity index (χ2n) is 7.42. The molecule has 0 unspecified atom stereocenters. The van der Waals surface area contributed by atoms with Crippen molar-refractivity contribution in [3.63, 3.8) is 0 Å². The molecule has 0 radical (unpaired) electrons. The largest absolute Gasteiger partial charge is 0.443 e. The van der Waals surface area contributed by atoms with Crippen LogP contribution in [0.15, 0.2) is 28.2 Å². The minimum atomic E-state index is -1.09. The molecule has 25 heavy (non-hydrogen) atoms. The summed E-state index contributed by atoms with van der Waals surface area (Å²) in [6.45, 7) is 7.39. The lowest BCUT2D eigenvalue weighted by Crippen LogP contribution is -2.48. The first-order chi connectivity index (χ1) is 11.8. The molecule has 0 aromatic carbocycles.